The predicted molar refractivity (Wildman–Crippen MR) is 100 cm³/mol. The van der Waals surface area contributed by atoms with E-state index in [1.165, 1.54) is 21.9 Å². The van der Waals surface area contributed by atoms with Gasteiger partial charge in [0.15, 0.2) is 0 Å². The van der Waals surface area contributed by atoms with Crippen molar-refractivity contribution in [2.24, 2.45) is 0 Å². The van der Waals surface area contributed by atoms with Crippen molar-refractivity contribution in [1.82, 2.24) is 0 Å². The summed E-state index contributed by atoms with van der Waals surface area (Å²) in [6, 6.07) is 25.7. The first-order valence-electron chi connectivity index (χ1n) is 8.14. The lowest BCUT2D eigenvalue weighted by Crippen LogP contribution is -3.00. The number of quaternary nitrogens is 1. The summed E-state index contributed by atoms with van der Waals surface area (Å²) in [6.45, 7) is 2.04. The molecule has 0 fully saturated rings. The number of fused-ring (bicyclic) bond motifs is 1. The van der Waals surface area contributed by atoms with Crippen LogP contribution in [-0.4, -0.2) is 25.1 Å². The second-order valence-electron chi connectivity index (χ2n) is 6.73. The summed E-state index contributed by atoms with van der Waals surface area (Å²) in [5, 5.41) is 2.69. The molecule has 124 valence electrons. The molecule has 0 N–H and O–H groups in total. The minimum absolute atomic E-state index is 0. The Labute approximate surface area is 155 Å². The lowest BCUT2D eigenvalue weighted by atomic mass is 10.0. The summed E-state index contributed by atoms with van der Waals surface area (Å²) in [5.41, 5.74) is 2.68. The van der Waals surface area contributed by atoms with Crippen LogP contribution in [0.3, 0.4) is 0 Å². The molecule has 24 heavy (non-hydrogen) atoms. The van der Waals surface area contributed by atoms with Gasteiger partial charge in [0.05, 0.1) is 20.6 Å². The number of hydrogen-bond donors (Lipinski definition) is 0. The Morgan fingerprint density at radius 3 is 2.25 bits per heavy atom. The highest BCUT2D eigenvalue weighted by Crippen LogP contribution is 2.21. The fourth-order valence-electron chi connectivity index (χ4n) is 2.99. The quantitative estimate of drug-likeness (QED) is 0.594. The molecular formula is C22H24BrN. The topological polar surface area (TPSA) is 0 Å². The van der Waals surface area contributed by atoms with Crippen molar-refractivity contribution in [3.05, 3.63) is 90.0 Å². The Balaban J connectivity index is 0.00000208. The summed E-state index contributed by atoms with van der Waals surface area (Å²) in [4.78, 5) is 0. The van der Waals surface area contributed by atoms with Gasteiger partial charge in [-0.15, -0.1) is 0 Å². The van der Waals surface area contributed by atoms with Crippen LogP contribution in [-0.2, 0) is 6.54 Å². The van der Waals surface area contributed by atoms with E-state index in [0.29, 0.717) is 0 Å². The molecule has 0 aromatic heterocycles. The molecule has 3 aromatic carbocycles. The lowest BCUT2D eigenvalue weighted by molar-refractivity contribution is -0.897. The largest absolute Gasteiger partial charge is 1.00 e. The highest BCUT2D eigenvalue weighted by atomic mass is 79.9. The van der Waals surface area contributed by atoms with Crippen molar-refractivity contribution < 1.29 is 21.5 Å². The SMILES string of the molecule is C[N+](C)(CC=Cc1ccccc1)Cc1cccc2ccccc12.[Br-]. The number of hydrogen-bond acceptors (Lipinski definition) is 0. The van der Waals surface area contributed by atoms with Gasteiger partial charge in [-0.3, -0.25) is 0 Å². The Kier molecular flexibility index (Phi) is 6.36. The molecule has 0 atom stereocenters. The van der Waals surface area contributed by atoms with Crippen LogP contribution >= 0.6 is 0 Å². The number of halogens is 1. The molecule has 0 aliphatic carbocycles. The van der Waals surface area contributed by atoms with E-state index in [1.807, 2.05) is 0 Å². The molecule has 0 saturated carbocycles. The van der Waals surface area contributed by atoms with Gasteiger partial charge in [-0.1, -0.05) is 78.9 Å². The minimum Gasteiger partial charge on any atom is -1.00 e. The second kappa shape index (κ2) is 8.27. The van der Waals surface area contributed by atoms with Gasteiger partial charge in [0.2, 0.25) is 0 Å². The summed E-state index contributed by atoms with van der Waals surface area (Å²) < 4.78 is 0.942. The van der Waals surface area contributed by atoms with Gasteiger partial charge < -0.3 is 21.5 Å². The van der Waals surface area contributed by atoms with Crippen LogP contribution in [0.4, 0.5) is 0 Å². The minimum atomic E-state index is 0. The van der Waals surface area contributed by atoms with Gasteiger partial charge in [-0.05, 0) is 22.4 Å². The van der Waals surface area contributed by atoms with Gasteiger partial charge in [0.1, 0.15) is 6.54 Å². The van der Waals surface area contributed by atoms with Gasteiger partial charge in [-0.25, -0.2) is 0 Å². The molecule has 2 heteroatoms. The highest BCUT2D eigenvalue weighted by Gasteiger charge is 2.15. The molecule has 0 amide bonds. The molecule has 0 aliphatic heterocycles. The molecule has 1 nitrogen and oxygen atoms in total. The third-order valence-electron chi connectivity index (χ3n) is 4.19. The zero-order valence-corrected chi connectivity index (χ0v) is 15.9. The van der Waals surface area contributed by atoms with E-state index in [1.54, 1.807) is 0 Å². The van der Waals surface area contributed by atoms with Gasteiger partial charge >= 0.3 is 0 Å². The van der Waals surface area contributed by atoms with Crippen molar-refractivity contribution >= 4 is 16.8 Å². The third kappa shape index (κ3) is 4.80. The van der Waals surface area contributed by atoms with Crippen molar-refractivity contribution in [2.75, 3.05) is 20.6 Å². The molecule has 0 unspecified atom stereocenters. The summed E-state index contributed by atoms with van der Waals surface area (Å²) in [5.74, 6) is 0. The summed E-state index contributed by atoms with van der Waals surface area (Å²) in [7, 11) is 4.58. The second-order valence-corrected chi connectivity index (χ2v) is 6.73. The van der Waals surface area contributed by atoms with E-state index in [2.05, 4.69) is 99.0 Å². The van der Waals surface area contributed by atoms with Crippen LogP contribution in [0.15, 0.2) is 78.9 Å². The van der Waals surface area contributed by atoms with Crippen LogP contribution in [0.5, 0.6) is 0 Å². The molecule has 0 spiro atoms. The standard InChI is InChI=1S/C22H24N.BrH/c1-23(2,17-9-12-19-10-4-3-5-11-19)18-21-15-8-14-20-13-6-7-16-22(20)21;/h3-16H,17-18H2,1-2H3;1H/q+1;/p-1. The van der Waals surface area contributed by atoms with Crippen LogP contribution in [0.2, 0.25) is 0 Å². The molecule has 3 rings (SSSR count). The van der Waals surface area contributed by atoms with Crippen molar-refractivity contribution in [1.29, 1.82) is 0 Å². The van der Waals surface area contributed by atoms with Crippen molar-refractivity contribution in [2.45, 2.75) is 6.54 Å². The van der Waals surface area contributed by atoms with E-state index in [-0.39, 0.29) is 17.0 Å². The molecular weight excluding hydrogens is 358 g/mol. The molecule has 0 radical (unpaired) electrons. The zero-order chi connectivity index (χ0) is 16.1. The maximum absolute atomic E-state index is 2.29. The summed E-state index contributed by atoms with van der Waals surface area (Å²) in [6.07, 6.45) is 4.49. The van der Waals surface area contributed by atoms with Crippen molar-refractivity contribution in [3.63, 3.8) is 0 Å². The molecule has 0 saturated heterocycles. The highest BCUT2D eigenvalue weighted by molar-refractivity contribution is 5.85. The van der Waals surface area contributed by atoms with Crippen LogP contribution in [0, 0.1) is 0 Å². The number of likely N-dealkylation sites (N-methyl/N-ethyl adjacent to an activating group) is 1. The van der Waals surface area contributed by atoms with Crippen LogP contribution < -0.4 is 17.0 Å². The Morgan fingerprint density at radius 1 is 0.792 bits per heavy atom. The normalized spacial score (nSPS) is 11.6. The van der Waals surface area contributed by atoms with E-state index < -0.39 is 0 Å². The summed E-state index contributed by atoms with van der Waals surface area (Å²) >= 11 is 0. The Morgan fingerprint density at radius 2 is 1.46 bits per heavy atom. The first-order chi connectivity index (χ1) is 11.1. The maximum atomic E-state index is 2.29. The fraction of sp³-hybridized carbons (Fsp3) is 0.182. The van der Waals surface area contributed by atoms with Gasteiger partial charge in [0.25, 0.3) is 0 Å². The van der Waals surface area contributed by atoms with Crippen LogP contribution in [0.1, 0.15) is 11.1 Å². The average molecular weight is 382 g/mol. The number of rotatable bonds is 5. The molecule has 0 heterocycles. The maximum Gasteiger partial charge on any atom is 0.105 e. The van der Waals surface area contributed by atoms with E-state index >= 15 is 0 Å². The predicted octanol–water partition coefficient (Wildman–Crippen LogP) is 2.13. The van der Waals surface area contributed by atoms with Crippen molar-refractivity contribution in [3.8, 4) is 0 Å². The monoisotopic (exact) mass is 381 g/mol. The molecule has 0 bridgehead atoms. The first kappa shape index (κ1) is 18.4. The van der Waals surface area contributed by atoms with E-state index in [9.17, 15) is 0 Å². The molecule has 3 aromatic rings. The smallest absolute Gasteiger partial charge is 0.105 e. The Bertz CT molecular complexity index is 801. The Hall–Kier alpha value is -1.90. The van der Waals surface area contributed by atoms with Gasteiger partial charge in [-0.2, -0.15) is 0 Å². The zero-order valence-electron chi connectivity index (χ0n) is 14.3. The third-order valence-corrected chi connectivity index (χ3v) is 4.19. The number of nitrogens with zero attached hydrogens (tertiary/aromatic N) is 1. The van der Waals surface area contributed by atoms with Gasteiger partial charge in [0, 0.05) is 5.56 Å². The fourth-order valence-corrected chi connectivity index (χ4v) is 2.99. The van der Waals surface area contributed by atoms with E-state index in [4.69, 9.17) is 0 Å². The number of benzene rings is 3. The average Bonchev–Trinajstić information content (AvgIpc) is 2.56. The molecule has 0 aliphatic rings. The van der Waals surface area contributed by atoms with Crippen LogP contribution in [0.25, 0.3) is 16.8 Å². The first-order valence-corrected chi connectivity index (χ1v) is 8.14. The van der Waals surface area contributed by atoms with E-state index in [0.717, 1.165) is 17.6 Å². The lowest BCUT2D eigenvalue weighted by Gasteiger charge is -2.29.